The van der Waals surface area contributed by atoms with Crippen molar-refractivity contribution >= 4 is 0 Å². The minimum atomic E-state index is 0.892. The number of hydrogen-bond acceptors (Lipinski definition) is 2. The third kappa shape index (κ3) is 2.27. The van der Waals surface area contributed by atoms with E-state index in [2.05, 4.69) is 17.3 Å². The highest BCUT2D eigenvalue weighted by atomic mass is 15.1. The molecule has 0 bridgehead atoms. The van der Waals surface area contributed by atoms with Gasteiger partial charge in [-0.3, -0.25) is 0 Å². The Morgan fingerprint density at radius 2 is 2.40 bits per heavy atom. The first-order chi connectivity index (χ1) is 4.83. The Morgan fingerprint density at radius 3 is 3.00 bits per heavy atom. The van der Waals surface area contributed by atoms with Crippen LogP contribution in [0.15, 0.2) is 0 Å². The monoisotopic (exact) mass is 142 g/mol. The van der Waals surface area contributed by atoms with E-state index in [0.29, 0.717) is 0 Å². The molecule has 0 aromatic heterocycles. The summed E-state index contributed by atoms with van der Waals surface area (Å²) in [6, 6.07) is 0. The van der Waals surface area contributed by atoms with Crippen molar-refractivity contribution in [2.75, 3.05) is 33.7 Å². The van der Waals surface area contributed by atoms with Crippen molar-refractivity contribution < 1.29 is 0 Å². The number of piperidine rings is 1. The van der Waals surface area contributed by atoms with E-state index < -0.39 is 0 Å². The van der Waals surface area contributed by atoms with Gasteiger partial charge in [0.15, 0.2) is 0 Å². The Hall–Kier alpha value is -0.0800. The first kappa shape index (κ1) is 8.02. The van der Waals surface area contributed by atoms with Gasteiger partial charge in [-0.2, -0.15) is 0 Å². The molecule has 1 saturated heterocycles. The Kier molecular flexibility index (Phi) is 3.16. The highest BCUT2D eigenvalue weighted by molar-refractivity contribution is 4.71. The summed E-state index contributed by atoms with van der Waals surface area (Å²) >= 11 is 0. The van der Waals surface area contributed by atoms with E-state index in [1.165, 1.54) is 32.5 Å². The third-order valence-corrected chi connectivity index (χ3v) is 2.21. The minimum absolute atomic E-state index is 0.892. The van der Waals surface area contributed by atoms with Gasteiger partial charge in [0.1, 0.15) is 0 Å². The number of hydrogen-bond donors (Lipinski definition) is 1. The lowest BCUT2D eigenvalue weighted by atomic mass is 9.99. The second kappa shape index (κ2) is 3.94. The van der Waals surface area contributed by atoms with E-state index in [9.17, 15) is 0 Å². The van der Waals surface area contributed by atoms with Gasteiger partial charge in [-0.15, -0.1) is 0 Å². The maximum atomic E-state index is 3.23. The average Bonchev–Trinajstić information content (AvgIpc) is 1.88. The van der Waals surface area contributed by atoms with Gasteiger partial charge in [-0.05, 0) is 45.9 Å². The van der Waals surface area contributed by atoms with Gasteiger partial charge < -0.3 is 10.2 Å². The molecule has 60 valence electrons. The van der Waals surface area contributed by atoms with Gasteiger partial charge in [0, 0.05) is 6.54 Å². The lowest BCUT2D eigenvalue weighted by molar-refractivity contribution is 0.208. The van der Waals surface area contributed by atoms with Crippen LogP contribution in [-0.2, 0) is 0 Å². The molecule has 1 fully saturated rings. The largest absolute Gasteiger partial charge is 0.319 e. The van der Waals surface area contributed by atoms with Crippen LogP contribution in [0.3, 0.4) is 0 Å². The minimum Gasteiger partial charge on any atom is -0.319 e. The number of nitrogens with zero attached hydrogens (tertiary/aromatic N) is 1. The summed E-state index contributed by atoms with van der Waals surface area (Å²) in [4.78, 5) is 2.42. The molecule has 0 aromatic carbocycles. The standard InChI is InChI=1S/C8H18N2/c1-9-6-8-4-3-5-10(2)7-8/h8-9H,3-7H2,1-2H3. The fraction of sp³-hybridized carbons (Fsp3) is 1.00. The highest BCUT2D eigenvalue weighted by Crippen LogP contribution is 2.13. The molecule has 0 amide bonds. The van der Waals surface area contributed by atoms with Crippen LogP contribution >= 0.6 is 0 Å². The SMILES string of the molecule is CNCC1CCCN(C)C1. The summed E-state index contributed by atoms with van der Waals surface area (Å²) in [5.74, 6) is 0.892. The Labute approximate surface area is 63.6 Å². The van der Waals surface area contributed by atoms with Crippen molar-refractivity contribution in [3.63, 3.8) is 0 Å². The van der Waals surface area contributed by atoms with Crippen LogP contribution in [0.4, 0.5) is 0 Å². The molecule has 2 nitrogen and oxygen atoms in total. The molecule has 10 heavy (non-hydrogen) atoms. The maximum Gasteiger partial charge on any atom is 0.00187 e. The van der Waals surface area contributed by atoms with Crippen molar-refractivity contribution in [1.82, 2.24) is 10.2 Å². The van der Waals surface area contributed by atoms with E-state index in [-0.39, 0.29) is 0 Å². The fourth-order valence-corrected chi connectivity index (χ4v) is 1.73. The van der Waals surface area contributed by atoms with Crippen LogP contribution < -0.4 is 5.32 Å². The quantitative estimate of drug-likeness (QED) is 0.605. The summed E-state index contributed by atoms with van der Waals surface area (Å²) < 4.78 is 0. The Morgan fingerprint density at radius 1 is 1.60 bits per heavy atom. The van der Waals surface area contributed by atoms with E-state index in [1.807, 2.05) is 7.05 Å². The first-order valence-electron chi connectivity index (χ1n) is 4.16. The molecule has 0 spiro atoms. The van der Waals surface area contributed by atoms with Gasteiger partial charge in [0.05, 0.1) is 0 Å². The summed E-state index contributed by atoms with van der Waals surface area (Å²) in [5.41, 5.74) is 0. The predicted molar refractivity (Wildman–Crippen MR) is 44.1 cm³/mol. The van der Waals surface area contributed by atoms with E-state index >= 15 is 0 Å². The predicted octanol–water partition coefficient (Wildman–Crippen LogP) is 0.548. The van der Waals surface area contributed by atoms with E-state index in [1.54, 1.807) is 0 Å². The first-order valence-corrected chi connectivity index (χ1v) is 4.16. The molecular weight excluding hydrogens is 124 g/mol. The summed E-state index contributed by atoms with van der Waals surface area (Å²) in [7, 11) is 4.25. The van der Waals surface area contributed by atoms with Crippen LogP contribution in [-0.4, -0.2) is 38.6 Å². The lowest BCUT2D eigenvalue weighted by Gasteiger charge is -2.29. The molecule has 1 heterocycles. The zero-order chi connectivity index (χ0) is 7.40. The Balaban J connectivity index is 2.18. The van der Waals surface area contributed by atoms with Gasteiger partial charge in [0.2, 0.25) is 0 Å². The second-order valence-corrected chi connectivity index (χ2v) is 3.33. The zero-order valence-electron chi connectivity index (χ0n) is 7.06. The molecule has 1 unspecified atom stereocenters. The normalized spacial score (nSPS) is 28.8. The zero-order valence-corrected chi connectivity index (χ0v) is 7.06. The number of rotatable bonds is 2. The Bertz CT molecular complexity index is 91.3. The number of nitrogens with one attached hydrogen (secondary N) is 1. The van der Waals surface area contributed by atoms with Gasteiger partial charge >= 0.3 is 0 Å². The topological polar surface area (TPSA) is 15.3 Å². The average molecular weight is 142 g/mol. The van der Waals surface area contributed by atoms with Crippen LogP contribution in [0.25, 0.3) is 0 Å². The molecule has 1 aliphatic rings. The molecule has 1 N–H and O–H groups in total. The molecule has 0 aromatic rings. The lowest BCUT2D eigenvalue weighted by Crippen LogP contribution is -2.36. The van der Waals surface area contributed by atoms with Crippen molar-refractivity contribution in [3.8, 4) is 0 Å². The van der Waals surface area contributed by atoms with Crippen LogP contribution in [0.2, 0.25) is 0 Å². The van der Waals surface area contributed by atoms with E-state index in [4.69, 9.17) is 0 Å². The highest BCUT2D eigenvalue weighted by Gasteiger charge is 2.15. The van der Waals surface area contributed by atoms with Crippen molar-refractivity contribution in [2.24, 2.45) is 5.92 Å². The molecule has 1 atom stereocenters. The van der Waals surface area contributed by atoms with Crippen LogP contribution in [0.5, 0.6) is 0 Å². The smallest absolute Gasteiger partial charge is 0.00187 e. The van der Waals surface area contributed by atoms with Crippen LogP contribution in [0, 0.1) is 5.92 Å². The second-order valence-electron chi connectivity index (χ2n) is 3.33. The third-order valence-electron chi connectivity index (χ3n) is 2.21. The van der Waals surface area contributed by atoms with Crippen molar-refractivity contribution in [1.29, 1.82) is 0 Å². The summed E-state index contributed by atoms with van der Waals surface area (Å²) in [5, 5.41) is 3.23. The molecule has 2 heteroatoms. The van der Waals surface area contributed by atoms with E-state index in [0.717, 1.165) is 5.92 Å². The fourth-order valence-electron chi connectivity index (χ4n) is 1.73. The summed E-state index contributed by atoms with van der Waals surface area (Å²) in [6.07, 6.45) is 2.79. The van der Waals surface area contributed by atoms with Gasteiger partial charge in [-0.1, -0.05) is 0 Å². The molecule has 1 aliphatic heterocycles. The van der Waals surface area contributed by atoms with Gasteiger partial charge in [-0.25, -0.2) is 0 Å². The molecule has 0 aliphatic carbocycles. The maximum absolute atomic E-state index is 3.23. The van der Waals surface area contributed by atoms with Gasteiger partial charge in [0.25, 0.3) is 0 Å². The summed E-state index contributed by atoms with van der Waals surface area (Å²) in [6.45, 7) is 3.76. The van der Waals surface area contributed by atoms with Crippen LogP contribution in [0.1, 0.15) is 12.8 Å². The molecule has 0 saturated carbocycles. The van der Waals surface area contributed by atoms with Crippen molar-refractivity contribution in [3.05, 3.63) is 0 Å². The van der Waals surface area contributed by atoms with Crippen molar-refractivity contribution in [2.45, 2.75) is 12.8 Å². The molecular formula is C8H18N2. The molecule has 0 radical (unpaired) electrons. The molecule has 1 rings (SSSR count). The number of likely N-dealkylation sites (tertiary alicyclic amines) is 1.